The highest BCUT2D eigenvalue weighted by molar-refractivity contribution is 6.05. The van der Waals surface area contributed by atoms with E-state index in [9.17, 15) is 27.5 Å². The van der Waals surface area contributed by atoms with E-state index in [1.165, 1.54) is 30.5 Å². The molecule has 1 atom stereocenters. The molecule has 1 aliphatic rings. The van der Waals surface area contributed by atoms with E-state index in [0.717, 1.165) is 18.3 Å². The van der Waals surface area contributed by atoms with Crippen LogP contribution in [0.1, 0.15) is 22.3 Å². The van der Waals surface area contributed by atoms with Crippen molar-refractivity contribution < 1.29 is 27.5 Å². The van der Waals surface area contributed by atoms with E-state index in [1.807, 2.05) is 0 Å². The van der Waals surface area contributed by atoms with Crippen LogP contribution in [-0.4, -0.2) is 38.6 Å². The van der Waals surface area contributed by atoms with Gasteiger partial charge in [-0.05, 0) is 29.8 Å². The predicted molar refractivity (Wildman–Crippen MR) is 79.0 cm³/mol. The Bertz CT molecular complexity index is 822. The quantitative estimate of drug-likeness (QED) is 0.845. The lowest BCUT2D eigenvalue weighted by molar-refractivity contribution is -0.297. The number of carbonyl (C=O) groups is 1. The van der Waals surface area contributed by atoms with Gasteiger partial charge in [-0.3, -0.25) is 9.78 Å². The number of halogens is 4. The molecule has 0 saturated heterocycles. The summed E-state index contributed by atoms with van der Waals surface area (Å²) >= 11 is 0. The Morgan fingerprint density at radius 3 is 2.44 bits per heavy atom. The molecule has 0 saturated carbocycles. The SMILES string of the molecule is O=C(c1cccnc1)N1N=C(c2ccc(F)cc2)C[C@]1(O)C(F)(F)F. The monoisotopic (exact) mass is 353 g/mol. The van der Waals surface area contributed by atoms with Gasteiger partial charge in [-0.2, -0.15) is 23.3 Å². The zero-order valence-electron chi connectivity index (χ0n) is 12.5. The van der Waals surface area contributed by atoms with Crippen LogP contribution in [0.25, 0.3) is 0 Å². The zero-order valence-corrected chi connectivity index (χ0v) is 12.5. The number of rotatable bonds is 2. The van der Waals surface area contributed by atoms with Crippen molar-refractivity contribution in [2.75, 3.05) is 0 Å². The lowest BCUT2D eigenvalue weighted by Gasteiger charge is -2.32. The molecular formula is C16H11F4N3O2. The molecule has 130 valence electrons. The third-order valence-corrected chi connectivity index (χ3v) is 3.72. The van der Waals surface area contributed by atoms with E-state index in [1.54, 1.807) is 0 Å². The number of hydrogen-bond acceptors (Lipinski definition) is 4. The Labute approximate surface area is 139 Å². The summed E-state index contributed by atoms with van der Waals surface area (Å²) in [5, 5.41) is 13.8. The fourth-order valence-corrected chi connectivity index (χ4v) is 2.39. The van der Waals surface area contributed by atoms with E-state index in [0.29, 0.717) is 0 Å². The van der Waals surface area contributed by atoms with Gasteiger partial charge in [0.25, 0.3) is 11.6 Å². The number of benzene rings is 1. The molecule has 0 spiro atoms. The molecule has 0 radical (unpaired) electrons. The minimum Gasteiger partial charge on any atom is -0.362 e. The van der Waals surface area contributed by atoms with Crippen LogP contribution in [0, 0.1) is 5.82 Å². The summed E-state index contributed by atoms with van der Waals surface area (Å²) in [5.41, 5.74) is -3.67. The van der Waals surface area contributed by atoms with Gasteiger partial charge in [0.2, 0.25) is 0 Å². The average Bonchev–Trinajstić information content (AvgIpc) is 2.94. The van der Waals surface area contributed by atoms with Gasteiger partial charge >= 0.3 is 6.18 Å². The van der Waals surface area contributed by atoms with Crippen LogP contribution in [-0.2, 0) is 0 Å². The summed E-state index contributed by atoms with van der Waals surface area (Å²) in [6.45, 7) is 0. The molecule has 2 heterocycles. The maximum Gasteiger partial charge on any atom is 0.438 e. The summed E-state index contributed by atoms with van der Waals surface area (Å²) in [6.07, 6.45) is -3.68. The molecule has 0 bridgehead atoms. The van der Waals surface area contributed by atoms with E-state index in [2.05, 4.69) is 10.1 Å². The maximum absolute atomic E-state index is 13.4. The minimum absolute atomic E-state index is 0.00268. The number of aromatic nitrogens is 1. The number of nitrogens with zero attached hydrogens (tertiary/aromatic N) is 3. The average molecular weight is 353 g/mol. The van der Waals surface area contributed by atoms with Crippen molar-refractivity contribution in [2.24, 2.45) is 5.10 Å². The van der Waals surface area contributed by atoms with E-state index < -0.39 is 30.0 Å². The van der Waals surface area contributed by atoms with Crippen molar-refractivity contribution in [3.8, 4) is 0 Å². The molecule has 1 aromatic heterocycles. The first-order valence-electron chi connectivity index (χ1n) is 7.09. The lowest BCUT2D eigenvalue weighted by atomic mass is 10.0. The number of alkyl halides is 3. The molecule has 1 aromatic carbocycles. The van der Waals surface area contributed by atoms with Gasteiger partial charge in [-0.25, -0.2) is 4.39 Å². The minimum atomic E-state index is -5.14. The van der Waals surface area contributed by atoms with Crippen LogP contribution in [0.4, 0.5) is 17.6 Å². The molecule has 1 amide bonds. The first-order valence-corrected chi connectivity index (χ1v) is 7.09. The van der Waals surface area contributed by atoms with Crippen molar-refractivity contribution in [1.29, 1.82) is 0 Å². The second-order valence-corrected chi connectivity index (χ2v) is 5.40. The molecule has 25 heavy (non-hydrogen) atoms. The van der Waals surface area contributed by atoms with Gasteiger partial charge in [0.15, 0.2) is 0 Å². The number of carbonyl (C=O) groups excluding carboxylic acids is 1. The first-order chi connectivity index (χ1) is 11.7. The van der Waals surface area contributed by atoms with Gasteiger partial charge < -0.3 is 5.11 Å². The van der Waals surface area contributed by atoms with Crippen molar-refractivity contribution in [3.63, 3.8) is 0 Å². The van der Waals surface area contributed by atoms with Crippen LogP contribution in [0.5, 0.6) is 0 Å². The van der Waals surface area contributed by atoms with Crippen LogP contribution in [0.2, 0.25) is 0 Å². The molecule has 1 N–H and O–H groups in total. The normalized spacial score (nSPS) is 20.5. The number of hydrazone groups is 1. The van der Waals surface area contributed by atoms with Gasteiger partial charge in [-0.1, -0.05) is 12.1 Å². The summed E-state index contributed by atoms with van der Waals surface area (Å²) in [5.74, 6) is -1.72. The fraction of sp³-hybridized carbons (Fsp3) is 0.188. The number of pyridine rings is 1. The van der Waals surface area contributed by atoms with Crippen LogP contribution in [0.15, 0.2) is 53.9 Å². The Hall–Kier alpha value is -2.81. The second kappa shape index (κ2) is 5.92. The third kappa shape index (κ3) is 2.98. The fourth-order valence-electron chi connectivity index (χ4n) is 2.39. The molecule has 2 aromatic rings. The Kier molecular flexibility index (Phi) is 4.03. The Balaban J connectivity index is 2.04. The lowest BCUT2D eigenvalue weighted by Crippen LogP contribution is -2.56. The molecule has 0 aliphatic carbocycles. The standard InChI is InChI=1S/C16H11F4N3O2/c17-12-5-3-10(4-6-12)13-8-15(25,16(18,19)20)23(22-13)14(24)11-2-1-7-21-9-11/h1-7,9,25H,8H2/t15-/m0/s1. The van der Waals surface area contributed by atoms with Crippen LogP contribution < -0.4 is 0 Å². The van der Waals surface area contributed by atoms with Crippen molar-refractivity contribution >= 4 is 11.6 Å². The van der Waals surface area contributed by atoms with E-state index >= 15 is 0 Å². The Morgan fingerprint density at radius 1 is 1.20 bits per heavy atom. The molecule has 3 rings (SSSR count). The van der Waals surface area contributed by atoms with Crippen molar-refractivity contribution in [1.82, 2.24) is 9.99 Å². The molecule has 9 heteroatoms. The molecule has 0 fully saturated rings. The Morgan fingerprint density at radius 2 is 1.88 bits per heavy atom. The van der Waals surface area contributed by atoms with Crippen LogP contribution in [0.3, 0.4) is 0 Å². The van der Waals surface area contributed by atoms with Crippen LogP contribution >= 0.6 is 0 Å². The summed E-state index contributed by atoms with van der Waals surface area (Å²) < 4.78 is 53.3. The summed E-state index contributed by atoms with van der Waals surface area (Å²) in [6, 6.07) is 7.19. The highest BCUT2D eigenvalue weighted by atomic mass is 19.4. The molecular weight excluding hydrogens is 342 g/mol. The molecule has 5 nitrogen and oxygen atoms in total. The summed E-state index contributed by atoms with van der Waals surface area (Å²) in [7, 11) is 0. The summed E-state index contributed by atoms with van der Waals surface area (Å²) in [4.78, 5) is 16.1. The number of amides is 1. The first kappa shape index (κ1) is 17.0. The van der Waals surface area contributed by atoms with Gasteiger partial charge in [0.1, 0.15) is 5.82 Å². The van der Waals surface area contributed by atoms with E-state index in [-0.39, 0.29) is 21.8 Å². The topological polar surface area (TPSA) is 65.8 Å². The van der Waals surface area contributed by atoms with Gasteiger partial charge in [0, 0.05) is 12.4 Å². The van der Waals surface area contributed by atoms with Gasteiger partial charge in [0.05, 0.1) is 17.7 Å². The third-order valence-electron chi connectivity index (χ3n) is 3.72. The smallest absolute Gasteiger partial charge is 0.362 e. The van der Waals surface area contributed by atoms with Crippen molar-refractivity contribution in [2.45, 2.75) is 18.3 Å². The number of hydrogen-bond donors (Lipinski definition) is 1. The number of aliphatic hydroxyl groups is 1. The highest BCUT2D eigenvalue weighted by Gasteiger charge is 2.63. The maximum atomic E-state index is 13.4. The zero-order chi connectivity index (χ0) is 18.2. The van der Waals surface area contributed by atoms with Crippen molar-refractivity contribution in [3.05, 3.63) is 65.7 Å². The highest BCUT2D eigenvalue weighted by Crippen LogP contribution is 2.41. The predicted octanol–water partition coefficient (Wildman–Crippen LogP) is 2.72. The molecule has 1 aliphatic heterocycles. The largest absolute Gasteiger partial charge is 0.438 e. The molecule has 0 unspecified atom stereocenters. The second-order valence-electron chi connectivity index (χ2n) is 5.40. The van der Waals surface area contributed by atoms with Gasteiger partial charge in [-0.15, -0.1) is 0 Å². The van der Waals surface area contributed by atoms with E-state index in [4.69, 9.17) is 0 Å².